The van der Waals surface area contributed by atoms with Crippen molar-refractivity contribution in [3.8, 4) is 0 Å². The number of hydrogen-bond acceptors (Lipinski definition) is 4. The average Bonchev–Trinajstić information content (AvgIpc) is 2.97. The fraction of sp³-hybridized carbons (Fsp3) is 0.632. The Hall–Kier alpha value is -1.44. The predicted molar refractivity (Wildman–Crippen MR) is 101 cm³/mol. The molecule has 1 atom stereocenters. The van der Waals surface area contributed by atoms with Crippen LogP contribution >= 0.6 is 0 Å². The molecule has 0 aromatic heterocycles. The van der Waals surface area contributed by atoms with Crippen LogP contribution in [0.2, 0.25) is 0 Å². The highest BCUT2D eigenvalue weighted by Gasteiger charge is 2.33. The van der Waals surface area contributed by atoms with E-state index in [1.54, 1.807) is 24.3 Å². The fourth-order valence-corrected chi connectivity index (χ4v) is 5.23. The first kappa shape index (κ1) is 19.3. The molecule has 26 heavy (non-hydrogen) atoms. The number of carbonyl (C=O) groups excluding carboxylic acids is 1. The Morgan fingerprint density at radius 3 is 2.04 bits per heavy atom. The summed E-state index contributed by atoms with van der Waals surface area (Å²) < 4.78 is 27.0. The van der Waals surface area contributed by atoms with Gasteiger partial charge >= 0.3 is 0 Å². The Labute approximate surface area is 156 Å². The van der Waals surface area contributed by atoms with Crippen molar-refractivity contribution >= 4 is 15.9 Å². The first-order chi connectivity index (χ1) is 12.5. The molecule has 0 saturated carbocycles. The third kappa shape index (κ3) is 4.27. The van der Waals surface area contributed by atoms with E-state index in [0.29, 0.717) is 31.1 Å². The smallest absolute Gasteiger partial charge is 0.243 e. The lowest BCUT2D eigenvalue weighted by atomic mass is 10.2. The molecule has 0 aliphatic carbocycles. The Morgan fingerprint density at radius 2 is 1.46 bits per heavy atom. The van der Waals surface area contributed by atoms with Gasteiger partial charge in [0.1, 0.15) is 0 Å². The second-order valence-corrected chi connectivity index (χ2v) is 9.11. The molecule has 0 spiro atoms. The number of amides is 1. The number of hydrogen-bond donors (Lipinski definition) is 0. The molecule has 0 unspecified atom stereocenters. The highest BCUT2D eigenvalue weighted by Crippen LogP contribution is 2.19. The van der Waals surface area contributed by atoms with Gasteiger partial charge in [0.25, 0.3) is 0 Å². The lowest BCUT2D eigenvalue weighted by Crippen LogP contribution is -2.55. The fourth-order valence-electron chi connectivity index (χ4n) is 3.78. The lowest BCUT2D eigenvalue weighted by Gasteiger charge is -2.38. The number of carbonyl (C=O) groups is 1. The van der Waals surface area contributed by atoms with Crippen LogP contribution in [0.5, 0.6) is 0 Å². The largest absolute Gasteiger partial charge is 0.341 e. The number of benzene rings is 1. The number of piperazine rings is 1. The van der Waals surface area contributed by atoms with Gasteiger partial charge in [-0.15, -0.1) is 0 Å². The van der Waals surface area contributed by atoms with Crippen LogP contribution in [0.1, 0.15) is 32.6 Å². The molecule has 6 nitrogen and oxygen atoms in total. The summed E-state index contributed by atoms with van der Waals surface area (Å²) in [5.41, 5.74) is 0. The van der Waals surface area contributed by atoms with E-state index in [1.807, 2.05) is 17.9 Å². The molecule has 3 rings (SSSR count). The van der Waals surface area contributed by atoms with Gasteiger partial charge in [-0.3, -0.25) is 9.69 Å². The molecular weight excluding hydrogens is 350 g/mol. The van der Waals surface area contributed by atoms with Crippen molar-refractivity contribution in [2.24, 2.45) is 0 Å². The van der Waals surface area contributed by atoms with E-state index in [1.165, 1.54) is 17.1 Å². The van der Waals surface area contributed by atoms with Crippen LogP contribution in [0.3, 0.4) is 0 Å². The van der Waals surface area contributed by atoms with Crippen molar-refractivity contribution in [3.05, 3.63) is 30.3 Å². The molecule has 7 heteroatoms. The quantitative estimate of drug-likeness (QED) is 0.800. The van der Waals surface area contributed by atoms with Crippen LogP contribution in [0.4, 0.5) is 0 Å². The second kappa shape index (κ2) is 8.50. The average molecular weight is 380 g/mol. The normalized spacial score (nSPS) is 22.0. The van der Waals surface area contributed by atoms with Gasteiger partial charge in [-0.05, 0) is 31.9 Å². The molecule has 1 aromatic rings. The first-order valence-corrected chi connectivity index (χ1v) is 11.0. The monoisotopic (exact) mass is 379 g/mol. The van der Waals surface area contributed by atoms with Crippen LogP contribution in [0, 0.1) is 0 Å². The molecular formula is C19H29N3O3S. The van der Waals surface area contributed by atoms with Gasteiger partial charge in [0.2, 0.25) is 15.9 Å². The zero-order valence-electron chi connectivity index (χ0n) is 15.5. The van der Waals surface area contributed by atoms with Gasteiger partial charge in [-0.2, -0.15) is 4.31 Å². The summed E-state index contributed by atoms with van der Waals surface area (Å²) in [6.45, 7) is 5.69. The molecule has 1 aromatic carbocycles. The van der Waals surface area contributed by atoms with Crippen LogP contribution in [-0.4, -0.2) is 73.7 Å². The van der Waals surface area contributed by atoms with E-state index >= 15 is 0 Å². The first-order valence-electron chi connectivity index (χ1n) is 9.58. The molecule has 2 saturated heterocycles. The van der Waals surface area contributed by atoms with E-state index in [-0.39, 0.29) is 11.9 Å². The zero-order valence-corrected chi connectivity index (χ0v) is 16.3. The van der Waals surface area contributed by atoms with Crippen molar-refractivity contribution in [2.45, 2.75) is 43.5 Å². The van der Waals surface area contributed by atoms with Gasteiger partial charge in [-0.25, -0.2) is 8.42 Å². The van der Waals surface area contributed by atoms with E-state index in [9.17, 15) is 13.2 Å². The van der Waals surface area contributed by atoms with E-state index in [0.717, 1.165) is 25.9 Å². The van der Waals surface area contributed by atoms with Crippen LogP contribution in [0.25, 0.3) is 0 Å². The van der Waals surface area contributed by atoms with Crippen molar-refractivity contribution in [3.63, 3.8) is 0 Å². The lowest BCUT2D eigenvalue weighted by molar-refractivity contribution is -0.136. The molecule has 2 aliphatic heterocycles. The maximum atomic E-state index is 12.8. The molecule has 0 radical (unpaired) electrons. The van der Waals surface area contributed by atoms with Gasteiger partial charge in [0.05, 0.1) is 10.9 Å². The molecule has 0 N–H and O–H groups in total. The predicted octanol–water partition coefficient (Wildman–Crippen LogP) is 1.78. The minimum atomic E-state index is -3.45. The second-order valence-electron chi connectivity index (χ2n) is 7.17. The van der Waals surface area contributed by atoms with E-state index in [4.69, 9.17) is 0 Å². The Kier molecular flexibility index (Phi) is 6.32. The molecule has 144 valence electrons. The summed E-state index contributed by atoms with van der Waals surface area (Å²) in [7, 11) is -3.45. The third-order valence-electron chi connectivity index (χ3n) is 5.48. The number of nitrogens with zero attached hydrogens (tertiary/aromatic N) is 3. The third-order valence-corrected chi connectivity index (χ3v) is 7.39. The number of rotatable bonds is 4. The molecule has 1 amide bonds. The van der Waals surface area contributed by atoms with Crippen molar-refractivity contribution < 1.29 is 13.2 Å². The van der Waals surface area contributed by atoms with Crippen LogP contribution in [-0.2, 0) is 14.8 Å². The van der Waals surface area contributed by atoms with Gasteiger partial charge in [-0.1, -0.05) is 31.0 Å². The van der Waals surface area contributed by atoms with Gasteiger partial charge in [0.15, 0.2) is 0 Å². The van der Waals surface area contributed by atoms with E-state index in [2.05, 4.69) is 4.90 Å². The highest BCUT2D eigenvalue weighted by atomic mass is 32.2. The summed E-state index contributed by atoms with van der Waals surface area (Å²) in [4.78, 5) is 17.2. The SMILES string of the molecule is C[C@H](C(=O)N1CCCCCC1)N1CCN(S(=O)(=O)c2ccccc2)CC1. The summed E-state index contributed by atoms with van der Waals surface area (Å²) in [5, 5.41) is 0. The molecule has 0 bridgehead atoms. The Balaban J connectivity index is 1.58. The van der Waals surface area contributed by atoms with Crippen molar-refractivity contribution in [1.29, 1.82) is 0 Å². The molecule has 2 aliphatic rings. The Bertz CT molecular complexity index is 692. The highest BCUT2D eigenvalue weighted by molar-refractivity contribution is 7.89. The Morgan fingerprint density at radius 1 is 0.885 bits per heavy atom. The van der Waals surface area contributed by atoms with Crippen LogP contribution < -0.4 is 0 Å². The van der Waals surface area contributed by atoms with Crippen molar-refractivity contribution in [1.82, 2.24) is 14.1 Å². The maximum absolute atomic E-state index is 12.8. The topological polar surface area (TPSA) is 60.9 Å². The summed E-state index contributed by atoms with van der Waals surface area (Å²) in [6.07, 6.45) is 4.57. The minimum absolute atomic E-state index is 0.185. The van der Waals surface area contributed by atoms with E-state index < -0.39 is 10.0 Å². The summed E-state index contributed by atoms with van der Waals surface area (Å²) in [5.74, 6) is 0.186. The van der Waals surface area contributed by atoms with Gasteiger partial charge < -0.3 is 4.90 Å². The molecule has 2 fully saturated rings. The van der Waals surface area contributed by atoms with Gasteiger partial charge in [0, 0.05) is 39.3 Å². The minimum Gasteiger partial charge on any atom is -0.341 e. The molecule has 2 heterocycles. The maximum Gasteiger partial charge on any atom is 0.243 e. The van der Waals surface area contributed by atoms with Crippen molar-refractivity contribution in [2.75, 3.05) is 39.3 Å². The summed E-state index contributed by atoms with van der Waals surface area (Å²) in [6, 6.07) is 8.37. The zero-order chi connectivity index (χ0) is 18.6. The number of sulfonamides is 1. The standard InChI is InChI=1S/C19H29N3O3S/c1-17(19(23)21-11-7-2-3-8-12-21)20-13-15-22(16-14-20)26(24,25)18-9-5-4-6-10-18/h4-6,9-10,17H,2-3,7-8,11-16H2,1H3/t17-/m1/s1. The number of likely N-dealkylation sites (tertiary alicyclic amines) is 1. The van der Waals surface area contributed by atoms with Crippen LogP contribution in [0.15, 0.2) is 35.2 Å². The summed E-state index contributed by atoms with van der Waals surface area (Å²) >= 11 is 0.